The van der Waals surface area contributed by atoms with E-state index < -0.39 is 0 Å². The van der Waals surface area contributed by atoms with Crippen molar-refractivity contribution >= 4 is 44.5 Å². The average molecular weight is 604 g/mol. The number of furan rings is 1. The number of aromatic nitrogens is 4. The number of hydrogen-bond acceptors (Lipinski definition) is 10. The third-order valence-electron chi connectivity index (χ3n) is 6.66. The van der Waals surface area contributed by atoms with Gasteiger partial charge in [0, 0.05) is 42.2 Å². The fourth-order valence-corrected chi connectivity index (χ4v) is 6.31. The Morgan fingerprint density at radius 2 is 1.83 bits per heavy atom. The average Bonchev–Trinajstić information content (AvgIpc) is 3.76. The van der Waals surface area contributed by atoms with Gasteiger partial charge in [0.2, 0.25) is 4.96 Å². The van der Waals surface area contributed by atoms with Crippen molar-refractivity contribution < 1.29 is 23.4 Å². The molecule has 0 atom stereocenters. The van der Waals surface area contributed by atoms with Crippen LogP contribution in [0.5, 0.6) is 16.7 Å². The van der Waals surface area contributed by atoms with Crippen molar-refractivity contribution in [2.75, 3.05) is 28.3 Å². The van der Waals surface area contributed by atoms with Crippen molar-refractivity contribution in [2.45, 2.75) is 26.4 Å². The molecule has 1 amide bonds. The minimum absolute atomic E-state index is 0.0331. The fourth-order valence-electron chi connectivity index (χ4n) is 4.53. The number of hydrogen-bond donors (Lipinski definition) is 0. The molecule has 0 aliphatic carbocycles. The van der Waals surface area contributed by atoms with Crippen molar-refractivity contribution in [3.8, 4) is 38.7 Å². The Morgan fingerprint density at radius 3 is 2.50 bits per heavy atom. The summed E-state index contributed by atoms with van der Waals surface area (Å²) < 4.78 is 25.0. The Kier molecular flexibility index (Phi) is 7.33. The molecule has 0 radical (unpaired) electrons. The van der Waals surface area contributed by atoms with Crippen LogP contribution in [0.15, 0.2) is 53.1 Å². The largest absolute Gasteiger partial charge is 0.496 e. The summed E-state index contributed by atoms with van der Waals surface area (Å²) in [5.74, 6) is 2.06. The van der Waals surface area contributed by atoms with Gasteiger partial charge < -0.3 is 23.5 Å². The number of nitrogens with zero attached hydrogens (tertiary/aromatic N) is 5. The fraction of sp³-hybridized carbons (Fsp3) is 0.267. The van der Waals surface area contributed by atoms with E-state index in [0.717, 1.165) is 26.5 Å². The van der Waals surface area contributed by atoms with Gasteiger partial charge in [0.15, 0.2) is 5.76 Å². The molecule has 0 saturated carbocycles. The number of imidazole rings is 1. The van der Waals surface area contributed by atoms with E-state index in [9.17, 15) is 4.79 Å². The second-order valence-electron chi connectivity index (χ2n) is 10.1. The van der Waals surface area contributed by atoms with Crippen LogP contribution in [0, 0.1) is 0 Å². The highest BCUT2D eigenvalue weighted by molar-refractivity contribution is 7.18. The van der Waals surface area contributed by atoms with Gasteiger partial charge in [-0.1, -0.05) is 26.0 Å². The van der Waals surface area contributed by atoms with Crippen LogP contribution in [0.4, 0.5) is 0 Å². The van der Waals surface area contributed by atoms with E-state index in [2.05, 4.69) is 23.9 Å². The van der Waals surface area contributed by atoms with Crippen LogP contribution in [0.2, 0.25) is 0 Å². The molecule has 4 heterocycles. The first-order valence-corrected chi connectivity index (χ1v) is 14.8. The standard InChI is InChI=1S/C30H29N5O5S2/c1-16(2)26-22(31-27(41-26)17-7-9-18(10-8-17)28(36)34(3)4)15-39-23-11-19(37-5)12-24-20(23)13-25(40-24)21-14-35-29(32-21)42-30(33-35)38-6/h7-14,16H,15H2,1-6H3. The summed E-state index contributed by atoms with van der Waals surface area (Å²) in [6.45, 7) is 4.56. The first-order chi connectivity index (χ1) is 20.2. The zero-order valence-electron chi connectivity index (χ0n) is 24.0. The summed E-state index contributed by atoms with van der Waals surface area (Å²) in [7, 11) is 6.68. The number of thiazole rings is 1. The van der Waals surface area contributed by atoms with Crippen LogP contribution in [0.3, 0.4) is 0 Å². The molecular weight excluding hydrogens is 574 g/mol. The topological polar surface area (TPSA) is 104 Å². The molecule has 0 fully saturated rings. The van der Waals surface area contributed by atoms with Gasteiger partial charge >= 0.3 is 0 Å². The number of fused-ring (bicyclic) bond motifs is 2. The van der Waals surface area contributed by atoms with Gasteiger partial charge in [0.05, 0.1) is 31.5 Å². The molecule has 0 aliphatic rings. The maximum atomic E-state index is 12.3. The van der Waals surface area contributed by atoms with Crippen molar-refractivity contribution in [3.63, 3.8) is 0 Å². The molecule has 6 rings (SSSR count). The van der Waals surface area contributed by atoms with Crippen LogP contribution >= 0.6 is 22.7 Å². The lowest BCUT2D eigenvalue weighted by Crippen LogP contribution is -2.21. The van der Waals surface area contributed by atoms with Gasteiger partial charge in [0.25, 0.3) is 11.1 Å². The predicted octanol–water partition coefficient (Wildman–Crippen LogP) is 6.75. The van der Waals surface area contributed by atoms with Crippen LogP contribution in [0.1, 0.15) is 40.7 Å². The molecule has 2 aromatic carbocycles. The van der Waals surface area contributed by atoms with Crippen LogP contribution in [-0.4, -0.2) is 58.7 Å². The number of rotatable bonds is 9. The van der Waals surface area contributed by atoms with Gasteiger partial charge in [-0.05, 0) is 35.5 Å². The Hall–Kier alpha value is -4.42. The van der Waals surface area contributed by atoms with E-state index in [4.69, 9.17) is 23.6 Å². The zero-order chi connectivity index (χ0) is 29.5. The van der Waals surface area contributed by atoms with Crippen molar-refractivity contribution in [2.24, 2.45) is 0 Å². The summed E-state index contributed by atoms with van der Waals surface area (Å²) in [4.78, 5) is 25.3. The summed E-state index contributed by atoms with van der Waals surface area (Å²) in [5, 5.41) is 6.57. The Morgan fingerprint density at radius 1 is 1.05 bits per heavy atom. The minimum Gasteiger partial charge on any atom is -0.496 e. The molecule has 0 saturated heterocycles. The molecule has 10 nitrogen and oxygen atoms in total. The molecule has 216 valence electrons. The van der Waals surface area contributed by atoms with Crippen molar-refractivity contribution in [1.29, 1.82) is 0 Å². The molecule has 0 unspecified atom stereocenters. The van der Waals surface area contributed by atoms with Crippen LogP contribution < -0.4 is 14.2 Å². The number of methoxy groups -OCH3 is 2. The highest BCUT2D eigenvalue weighted by atomic mass is 32.1. The van der Waals surface area contributed by atoms with E-state index in [0.29, 0.717) is 44.3 Å². The Labute approximate surface area is 250 Å². The number of carbonyl (C=O) groups excluding carboxylic acids is 1. The lowest BCUT2D eigenvalue weighted by molar-refractivity contribution is 0.0827. The minimum atomic E-state index is -0.0331. The van der Waals surface area contributed by atoms with Gasteiger partial charge in [-0.25, -0.2) is 14.5 Å². The maximum Gasteiger partial charge on any atom is 0.294 e. The third kappa shape index (κ3) is 5.19. The monoisotopic (exact) mass is 603 g/mol. The molecule has 12 heteroatoms. The lowest BCUT2D eigenvalue weighted by Gasteiger charge is -2.10. The van der Waals surface area contributed by atoms with Gasteiger partial charge in [-0.3, -0.25) is 4.79 Å². The highest BCUT2D eigenvalue weighted by Crippen LogP contribution is 2.39. The molecule has 0 bridgehead atoms. The second-order valence-corrected chi connectivity index (χ2v) is 12.1. The number of benzene rings is 2. The molecular formula is C30H29N5O5S2. The summed E-state index contributed by atoms with van der Waals surface area (Å²) in [5.41, 5.74) is 3.74. The smallest absolute Gasteiger partial charge is 0.294 e. The number of carbonyl (C=O) groups is 1. The molecule has 6 aromatic rings. The summed E-state index contributed by atoms with van der Waals surface area (Å²) >= 11 is 2.99. The summed E-state index contributed by atoms with van der Waals surface area (Å²) in [6.07, 6.45) is 1.80. The molecule has 0 aliphatic heterocycles. The van der Waals surface area contributed by atoms with E-state index in [-0.39, 0.29) is 18.4 Å². The zero-order valence-corrected chi connectivity index (χ0v) is 25.6. The highest BCUT2D eigenvalue weighted by Gasteiger charge is 2.20. The number of amides is 1. The van der Waals surface area contributed by atoms with Gasteiger partial charge in [-0.15, -0.1) is 16.4 Å². The maximum absolute atomic E-state index is 12.3. The van der Waals surface area contributed by atoms with E-state index in [1.165, 1.54) is 11.3 Å². The SMILES string of the molecule is COc1cc(OCc2nc(-c3ccc(C(=O)N(C)C)cc3)sc2C(C)C)c2cc(-c3cn4nc(OC)sc4n3)oc2c1. The first-order valence-electron chi connectivity index (χ1n) is 13.2. The Balaban J connectivity index is 1.29. The molecule has 0 N–H and O–H groups in total. The normalized spacial score (nSPS) is 11.5. The summed E-state index contributed by atoms with van der Waals surface area (Å²) in [6, 6.07) is 13.1. The lowest BCUT2D eigenvalue weighted by atomic mass is 10.1. The van der Waals surface area contributed by atoms with E-state index >= 15 is 0 Å². The molecule has 42 heavy (non-hydrogen) atoms. The quantitative estimate of drug-likeness (QED) is 0.179. The predicted molar refractivity (Wildman–Crippen MR) is 163 cm³/mol. The first kappa shape index (κ1) is 27.7. The van der Waals surface area contributed by atoms with Gasteiger partial charge in [-0.2, -0.15) is 0 Å². The molecule has 4 aromatic heterocycles. The van der Waals surface area contributed by atoms with Gasteiger partial charge in [0.1, 0.15) is 34.4 Å². The van der Waals surface area contributed by atoms with E-state index in [1.807, 2.05) is 42.5 Å². The number of ether oxygens (including phenoxy) is 3. The molecule has 0 spiro atoms. The second kappa shape index (κ2) is 11.1. The van der Waals surface area contributed by atoms with Crippen LogP contribution in [0.25, 0.3) is 38.0 Å². The van der Waals surface area contributed by atoms with Crippen molar-refractivity contribution in [3.05, 3.63) is 64.8 Å². The third-order valence-corrected chi connectivity index (χ3v) is 8.99. The van der Waals surface area contributed by atoms with E-state index in [1.54, 1.807) is 55.3 Å². The van der Waals surface area contributed by atoms with Crippen molar-refractivity contribution in [1.82, 2.24) is 24.5 Å². The Bertz CT molecular complexity index is 1870. The van der Waals surface area contributed by atoms with Crippen LogP contribution in [-0.2, 0) is 6.61 Å².